The average molecular weight is 463 g/mol. The molecule has 7 nitrogen and oxygen atoms in total. The Morgan fingerprint density at radius 2 is 1.97 bits per heavy atom. The molecule has 0 amide bonds. The van der Waals surface area contributed by atoms with Gasteiger partial charge in [-0.05, 0) is 49.6 Å². The molecule has 1 saturated carbocycles. The third-order valence-electron chi connectivity index (χ3n) is 5.46. The maximum Gasteiger partial charge on any atom is 0.223 e. The summed E-state index contributed by atoms with van der Waals surface area (Å²) in [6.45, 7) is 1.57. The van der Waals surface area contributed by atoms with Crippen LogP contribution in [0.15, 0.2) is 34.7 Å². The number of hydrogen-bond donors (Lipinski definition) is 0. The zero-order chi connectivity index (χ0) is 22.3. The summed E-state index contributed by atoms with van der Waals surface area (Å²) in [6, 6.07) is 12.1. The minimum atomic E-state index is -0.462. The topological polar surface area (TPSA) is 110 Å². The molecule has 0 aliphatic heterocycles. The number of nitriles is 1. The first-order valence-corrected chi connectivity index (χ1v) is 11.8. The molecule has 4 aromatic rings. The highest BCUT2D eigenvalue weighted by Crippen LogP contribution is 2.48. The standard InChI is InChI=1S/C23H18N4O3S2/c1-13(28)17-4-5-18(31-17)14-2-3-16-19(8-14)32-22(25-16)10-21-27-26-20(30-21)9-15(29)11-23(12-24)6-7-23/h2-5,8H,6-7,9-11H2,1H3. The molecule has 0 N–H and O–H groups in total. The van der Waals surface area contributed by atoms with Gasteiger partial charge in [0.15, 0.2) is 5.78 Å². The van der Waals surface area contributed by atoms with Crippen molar-refractivity contribution >= 4 is 44.5 Å². The van der Waals surface area contributed by atoms with Gasteiger partial charge in [-0.3, -0.25) is 9.59 Å². The smallest absolute Gasteiger partial charge is 0.223 e. The van der Waals surface area contributed by atoms with Gasteiger partial charge in [-0.2, -0.15) is 5.26 Å². The lowest BCUT2D eigenvalue weighted by molar-refractivity contribution is -0.119. The van der Waals surface area contributed by atoms with Crippen molar-refractivity contribution in [3.05, 3.63) is 52.0 Å². The maximum absolute atomic E-state index is 12.2. The molecule has 3 aromatic heterocycles. The molecule has 32 heavy (non-hydrogen) atoms. The van der Waals surface area contributed by atoms with E-state index in [1.807, 2.05) is 24.3 Å². The molecule has 1 fully saturated rings. The highest BCUT2D eigenvalue weighted by molar-refractivity contribution is 7.19. The first-order valence-electron chi connectivity index (χ1n) is 10.2. The summed E-state index contributed by atoms with van der Waals surface area (Å²) >= 11 is 3.04. The summed E-state index contributed by atoms with van der Waals surface area (Å²) in [7, 11) is 0. The number of Topliss-reactive ketones (excluding diaryl/α,β-unsaturated/α-hetero) is 2. The van der Waals surface area contributed by atoms with Crippen LogP contribution in [0.5, 0.6) is 0 Å². The minimum Gasteiger partial charge on any atom is -0.424 e. The predicted octanol–water partition coefficient (Wildman–Crippen LogP) is 5.01. The summed E-state index contributed by atoms with van der Waals surface area (Å²) in [5, 5.41) is 18.0. The van der Waals surface area contributed by atoms with Crippen LogP contribution in [0, 0.1) is 16.7 Å². The van der Waals surface area contributed by atoms with Crippen LogP contribution in [0.25, 0.3) is 20.7 Å². The molecule has 5 rings (SSSR count). The normalized spacial score (nSPS) is 14.4. The zero-order valence-electron chi connectivity index (χ0n) is 17.3. The molecule has 0 radical (unpaired) electrons. The number of thiazole rings is 1. The fourth-order valence-corrected chi connectivity index (χ4v) is 5.43. The second-order valence-electron chi connectivity index (χ2n) is 8.06. The van der Waals surface area contributed by atoms with Crippen molar-refractivity contribution in [2.45, 2.75) is 39.0 Å². The zero-order valence-corrected chi connectivity index (χ0v) is 18.9. The lowest BCUT2D eigenvalue weighted by atomic mass is 10.00. The predicted molar refractivity (Wildman–Crippen MR) is 121 cm³/mol. The van der Waals surface area contributed by atoms with Gasteiger partial charge >= 0.3 is 0 Å². The van der Waals surface area contributed by atoms with Gasteiger partial charge in [0.1, 0.15) is 10.8 Å². The first-order chi connectivity index (χ1) is 15.4. The number of benzene rings is 1. The Bertz CT molecular complexity index is 1390. The number of thiophene rings is 1. The molecule has 1 aliphatic carbocycles. The van der Waals surface area contributed by atoms with Gasteiger partial charge in [-0.25, -0.2) is 4.98 Å². The first kappa shape index (κ1) is 20.7. The lowest BCUT2D eigenvalue weighted by Crippen LogP contribution is -2.10. The third kappa shape index (κ3) is 4.24. The van der Waals surface area contributed by atoms with E-state index in [4.69, 9.17) is 9.68 Å². The number of ketones is 2. The van der Waals surface area contributed by atoms with Crippen LogP contribution in [-0.2, 0) is 17.6 Å². The Kier molecular flexibility index (Phi) is 5.19. The van der Waals surface area contributed by atoms with Crippen molar-refractivity contribution in [2.24, 2.45) is 5.41 Å². The Balaban J connectivity index is 1.28. The summed E-state index contributed by atoms with van der Waals surface area (Å²) < 4.78 is 6.69. The molecule has 0 saturated heterocycles. The van der Waals surface area contributed by atoms with Gasteiger partial charge in [0, 0.05) is 11.3 Å². The number of nitrogens with zero attached hydrogens (tertiary/aromatic N) is 4. The van der Waals surface area contributed by atoms with Crippen molar-refractivity contribution in [3.8, 4) is 16.5 Å². The molecule has 9 heteroatoms. The van der Waals surface area contributed by atoms with Gasteiger partial charge in [0.25, 0.3) is 0 Å². The lowest BCUT2D eigenvalue weighted by Gasteiger charge is -2.01. The molecule has 1 aliphatic rings. The number of rotatable bonds is 8. The monoisotopic (exact) mass is 462 g/mol. The maximum atomic E-state index is 12.2. The molecular weight excluding hydrogens is 444 g/mol. The molecule has 1 aromatic carbocycles. The van der Waals surface area contributed by atoms with Gasteiger partial charge in [-0.15, -0.1) is 32.9 Å². The van der Waals surface area contributed by atoms with Crippen LogP contribution in [0.1, 0.15) is 52.6 Å². The average Bonchev–Trinajstić information content (AvgIpc) is 3.15. The minimum absolute atomic E-state index is 0.0479. The second-order valence-corrected chi connectivity index (χ2v) is 10.3. The van der Waals surface area contributed by atoms with Crippen molar-refractivity contribution in [1.82, 2.24) is 15.2 Å². The molecule has 160 valence electrons. The fraction of sp³-hybridized carbons (Fsp3) is 0.304. The largest absolute Gasteiger partial charge is 0.424 e. The SMILES string of the molecule is CC(=O)c1ccc(-c2ccc3nc(Cc4nnc(CC(=O)CC5(C#N)CC5)o4)sc3c2)s1. The van der Waals surface area contributed by atoms with Crippen molar-refractivity contribution in [1.29, 1.82) is 5.26 Å². The van der Waals surface area contributed by atoms with Crippen LogP contribution >= 0.6 is 22.7 Å². The van der Waals surface area contributed by atoms with E-state index in [1.165, 1.54) is 11.3 Å². The fourth-order valence-electron chi connectivity index (χ4n) is 3.53. The van der Waals surface area contributed by atoms with Gasteiger partial charge < -0.3 is 4.42 Å². The molecule has 0 bridgehead atoms. The number of carbonyl (C=O) groups is 2. The number of hydrogen-bond acceptors (Lipinski definition) is 9. The van der Waals surface area contributed by atoms with Crippen molar-refractivity contribution < 1.29 is 14.0 Å². The molecule has 3 heterocycles. The van der Waals surface area contributed by atoms with Crippen LogP contribution < -0.4 is 0 Å². The summed E-state index contributed by atoms with van der Waals surface area (Å²) in [5.74, 6) is 0.715. The van der Waals surface area contributed by atoms with E-state index in [9.17, 15) is 9.59 Å². The van der Waals surface area contributed by atoms with Crippen LogP contribution in [0.2, 0.25) is 0 Å². The highest BCUT2D eigenvalue weighted by Gasteiger charge is 2.44. The Morgan fingerprint density at radius 1 is 1.16 bits per heavy atom. The molecule has 0 atom stereocenters. The van der Waals surface area contributed by atoms with Gasteiger partial charge in [-0.1, -0.05) is 6.07 Å². The van der Waals surface area contributed by atoms with Gasteiger partial charge in [0.2, 0.25) is 11.8 Å². The van der Waals surface area contributed by atoms with E-state index >= 15 is 0 Å². The van der Waals surface area contributed by atoms with Gasteiger partial charge in [0.05, 0.1) is 39.4 Å². The summed E-state index contributed by atoms with van der Waals surface area (Å²) in [4.78, 5) is 30.2. The number of carbonyl (C=O) groups excluding carboxylic acids is 2. The summed E-state index contributed by atoms with van der Waals surface area (Å²) in [6.07, 6.45) is 2.27. The third-order valence-corrected chi connectivity index (χ3v) is 7.71. The van der Waals surface area contributed by atoms with E-state index in [-0.39, 0.29) is 30.3 Å². The van der Waals surface area contributed by atoms with Crippen LogP contribution in [0.4, 0.5) is 0 Å². The van der Waals surface area contributed by atoms with E-state index in [0.717, 1.165) is 43.4 Å². The Morgan fingerprint density at radius 3 is 2.69 bits per heavy atom. The van der Waals surface area contributed by atoms with E-state index in [2.05, 4.69) is 27.3 Å². The summed E-state index contributed by atoms with van der Waals surface area (Å²) in [5.41, 5.74) is 1.48. The van der Waals surface area contributed by atoms with Crippen LogP contribution in [0.3, 0.4) is 0 Å². The van der Waals surface area contributed by atoms with Crippen molar-refractivity contribution in [2.75, 3.05) is 0 Å². The molecule has 0 spiro atoms. The van der Waals surface area contributed by atoms with E-state index in [1.54, 1.807) is 18.3 Å². The molecule has 0 unspecified atom stereocenters. The number of fused-ring (bicyclic) bond motifs is 1. The Labute approximate surface area is 191 Å². The van der Waals surface area contributed by atoms with E-state index in [0.29, 0.717) is 12.3 Å². The number of aromatic nitrogens is 3. The van der Waals surface area contributed by atoms with Crippen molar-refractivity contribution in [3.63, 3.8) is 0 Å². The second kappa shape index (κ2) is 8.04. The van der Waals surface area contributed by atoms with E-state index < -0.39 is 5.41 Å². The van der Waals surface area contributed by atoms with Crippen LogP contribution in [-0.4, -0.2) is 26.7 Å². The highest BCUT2D eigenvalue weighted by atomic mass is 32.1. The quantitative estimate of drug-likeness (QED) is 0.339. The molecular formula is C23H18N4O3S2. The Hall–Kier alpha value is -3.22.